The Hall–Kier alpha value is -1.53. The molecule has 0 amide bonds. The summed E-state index contributed by atoms with van der Waals surface area (Å²) in [6.07, 6.45) is 3.20. The molecule has 0 bridgehead atoms. The van der Waals surface area contributed by atoms with Crippen LogP contribution < -0.4 is 4.90 Å². The van der Waals surface area contributed by atoms with Crippen LogP contribution in [0.15, 0.2) is 18.2 Å². The predicted molar refractivity (Wildman–Crippen MR) is 77.0 cm³/mol. The second-order valence-electron chi connectivity index (χ2n) is 5.45. The zero-order valence-corrected chi connectivity index (χ0v) is 11.8. The molecule has 3 heteroatoms. The van der Waals surface area contributed by atoms with Gasteiger partial charge >= 0.3 is 0 Å². The quantitative estimate of drug-likeness (QED) is 0.902. The lowest BCUT2D eigenvalue weighted by molar-refractivity contribution is 0.199. The minimum atomic E-state index is -0.493. The Morgan fingerprint density at radius 2 is 2.32 bits per heavy atom. The van der Waals surface area contributed by atoms with Gasteiger partial charge in [-0.25, -0.2) is 0 Å². The molecule has 19 heavy (non-hydrogen) atoms. The molecule has 0 aliphatic carbocycles. The van der Waals surface area contributed by atoms with Crippen LogP contribution in [0.2, 0.25) is 0 Å². The van der Waals surface area contributed by atoms with Crippen molar-refractivity contribution in [2.24, 2.45) is 5.92 Å². The highest BCUT2D eigenvalue weighted by Crippen LogP contribution is 2.32. The van der Waals surface area contributed by atoms with Crippen molar-refractivity contribution in [3.05, 3.63) is 29.3 Å². The van der Waals surface area contributed by atoms with Crippen LogP contribution >= 0.6 is 0 Å². The number of nitrogens with zero attached hydrogens (tertiary/aromatic N) is 2. The molecule has 2 atom stereocenters. The first-order chi connectivity index (χ1) is 9.15. The summed E-state index contributed by atoms with van der Waals surface area (Å²) in [6, 6.07) is 7.76. The Morgan fingerprint density at radius 1 is 1.53 bits per heavy atom. The van der Waals surface area contributed by atoms with E-state index in [2.05, 4.69) is 17.9 Å². The van der Waals surface area contributed by atoms with Gasteiger partial charge in [0.1, 0.15) is 0 Å². The third-order valence-electron chi connectivity index (χ3n) is 3.93. The molecular formula is C16H22N2O. The van der Waals surface area contributed by atoms with Gasteiger partial charge in [-0.1, -0.05) is 19.4 Å². The van der Waals surface area contributed by atoms with Gasteiger partial charge in [-0.3, -0.25) is 0 Å². The molecule has 3 nitrogen and oxygen atoms in total. The van der Waals surface area contributed by atoms with Gasteiger partial charge in [0.15, 0.2) is 0 Å². The van der Waals surface area contributed by atoms with E-state index < -0.39 is 6.10 Å². The summed E-state index contributed by atoms with van der Waals surface area (Å²) in [6.45, 7) is 6.08. The normalized spacial score (nSPS) is 20.3. The van der Waals surface area contributed by atoms with Crippen molar-refractivity contribution in [3.8, 4) is 6.07 Å². The first kappa shape index (κ1) is 13.9. The zero-order valence-electron chi connectivity index (χ0n) is 11.8. The fraction of sp³-hybridized carbons (Fsp3) is 0.562. The number of hydrogen-bond acceptors (Lipinski definition) is 3. The molecule has 1 aromatic rings. The Labute approximate surface area is 115 Å². The van der Waals surface area contributed by atoms with Crippen LogP contribution in [-0.2, 0) is 0 Å². The zero-order chi connectivity index (χ0) is 13.8. The number of benzene rings is 1. The van der Waals surface area contributed by atoms with E-state index in [-0.39, 0.29) is 0 Å². The fourth-order valence-corrected chi connectivity index (χ4v) is 2.94. The lowest BCUT2D eigenvalue weighted by Gasteiger charge is -2.23. The van der Waals surface area contributed by atoms with Crippen LogP contribution in [0.1, 0.15) is 50.3 Å². The van der Waals surface area contributed by atoms with Gasteiger partial charge in [0.05, 0.1) is 17.7 Å². The summed E-state index contributed by atoms with van der Waals surface area (Å²) in [7, 11) is 0. The summed E-state index contributed by atoms with van der Waals surface area (Å²) < 4.78 is 0. The third-order valence-corrected chi connectivity index (χ3v) is 3.93. The van der Waals surface area contributed by atoms with Gasteiger partial charge in [-0.05, 0) is 37.8 Å². The maximum absolute atomic E-state index is 9.89. The maximum Gasteiger partial charge on any atom is 0.0992 e. The van der Waals surface area contributed by atoms with Crippen molar-refractivity contribution in [2.45, 2.75) is 39.2 Å². The van der Waals surface area contributed by atoms with Crippen molar-refractivity contribution in [1.29, 1.82) is 5.26 Å². The van der Waals surface area contributed by atoms with Crippen LogP contribution in [0.25, 0.3) is 0 Å². The smallest absolute Gasteiger partial charge is 0.0992 e. The van der Waals surface area contributed by atoms with Gasteiger partial charge in [-0.15, -0.1) is 0 Å². The Balaban J connectivity index is 2.25. The lowest BCUT2D eigenvalue weighted by Crippen LogP contribution is -2.21. The Bertz CT molecular complexity index is 476. The van der Waals surface area contributed by atoms with Gasteiger partial charge in [0.25, 0.3) is 0 Å². The monoisotopic (exact) mass is 258 g/mol. The minimum absolute atomic E-state index is 0.493. The van der Waals surface area contributed by atoms with Crippen molar-refractivity contribution < 1.29 is 5.11 Å². The molecule has 1 aliphatic rings. The molecule has 1 heterocycles. The van der Waals surface area contributed by atoms with E-state index >= 15 is 0 Å². The molecule has 1 fully saturated rings. The van der Waals surface area contributed by atoms with E-state index in [0.717, 1.165) is 30.3 Å². The molecular weight excluding hydrogens is 236 g/mol. The standard InChI is InChI=1S/C16H22N2O/c1-3-4-13-7-8-18(11-13)16-9-14(10-17)5-6-15(16)12(2)19/h5-6,9,12-13,19H,3-4,7-8,11H2,1-2H3/t12-,13?/m1/s1. The van der Waals surface area contributed by atoms with Crippen molar-refractivity contribution in [3.63, 3.8) is 0 Å². The van der Waals surface area contributed by atoms with Crippen LogP contribution in [0.5, 0.6) is 0 Å². The molecule has 102 valence electrons. The summed E-state index contributed by atoms with van der Waals surface area (Å²) in [5.41, 5.74) is 2.63. The highest BCUT2D eigenvalue weighted by molar-refractivity contribution is 5.59. The number of aliphatic hydroxyl groups excluding tert-OH is 1. The number of rotatable bonds is 4. The molecule has 1 unspecified atom stereocenters. The van der Waals surface area contributed by atoms with E-state index in [1.165, 1.54) is 19.3 Å². The molecule has 0 radical (unpaired) electrons. The van der Waals surface area contributed by atoms with Gasteiger partial charge < -0.3 is 10.0 Å². The highest BCUT2D eigenvalue weighted by atomic mass is 16.3. The summed E-state index contributed by atoms with van der Waals surface area (Å²) in [5, 5.41) is 18.9. The topological polar surface area (TPSA) is 47.3 Å². The SMILES string of the molecule is CCCC1CCN(c2cc(C#N)ccc2[C@@H](C)O)C1. The van der Waals surface area contributed by atoms with Crippen molar-refractivity contribution >= 4 is 5.69 Å². The van der Waals surface area contributed by atoms with E-state index in [9.17, 15) is 5.11 Å². The van der Waals surface area contributed by atoms with E-state index in [4.69, 9.17) is 5.26 Å². The predicted octanol–water partition coefficient (Wildman–Crippen LogP) is 3.24. The summed E-state index contributed by atoms with van der Waals surface area (Å²) in [5.74, 6) is 0.748. The lowest BCUT2D eigenvalue weighted by atomic mass is 10.0. The van der Waals surface area contributed by atoms with Crippen LogP contribution in [0.4, 0.5) is 5.69 Å². The van der Waals surface area contributed by atoms with E-state index in [0.29, 0.717) is 5.56 Å². The second kappa shape index (κ2) is 6.08. The number of nitriles is 1. The first-order valence-corrected chi connectivity index (χ1v) is 7.12. The Morgan fingerprint density at radius 3 is 2.95 bits per heavy atom. The molecule has 0 aromatic heterocycles. The van der Waals surface area contributed by atoms with Crippen molar-refractivity contribution in [1.82, 2.24) is 0 Å². The molecule has 0 spiro atoms. The number of anilines is 1. The molecule has 1 aliphatic heterocycles. The molecule has 1 saturated heterocycles. The second-order valence-corrected chi connectivity index (χ2v) is 5.45. The van der Waals surface area contributed by atoms with Gasteiger partial charge in [-0.2, -0.15) is 5.26 Å². The average Bonchev–Trinajstić information content (AvgIpc) is 2.87. The number of hydrogen-bond donors (Lipinski definition) is 1. The molecule has 1 aromatic carbocycles. The number of aliphatic hydroxyl groups is 1. The van der Waals surface area contributed by atoms with Crippen LogP contribution in [-0.4, -0.2) is 18.2 Å². The molecule has 0 saturated carbocycles. The average molecular weight is 258 g/mol. The van der Waals surface area contributed by atoms with Crippen molar-refractivity contribution in [2.75, 3.05) is 18.0 Å². The Kier molecular flexibility index (Phi) is 4.44. The summed E-state index contributed by atoms with van der Waals surface area (Å²) in [4.78, 5) is 2.32. The molecule has 2 rings (SSSR count). The minimum Gasteiger partial charge on any atom is -0.389 e. The van der Waals surface area contributed by atoms with E-state index in [1.807, 2.05) is 12.1 Å². The molecule has 1 N–H and O–H groups in total. The maximum atomic E-state index is 9.89. The van der Waals surface area contributed by atoms with Gasteiger partial charge in [0, 0.05) is 24.3 Å². The largest absolute Gasteiger partial charge is 0.389 e. The third kappa shape index (κ3) is 3.08. The fourth-order valence-electron chi connectivity index (χ4n) is 2.94. The van der Waals surface area contributed by atoms with E-state index in [1.54, 1.807) is 13.0 Å². The highest BCUT2D eigenvalue weighted by Gasteiger charge is 2.24. The first-order valence-electron chi connectivity index (χ1n) is 7.12. The van der Waals surface area contributed by atoms with Crippen LogP contribution in [0, 0.1) is 17.2 Å². The van der Waals surface area contributed by atoms with Crippen LogP contribution in [0.3, 0.4) is 0 Å². The van der Waals surface area contributed by atoms with Gasteiger partial charge in [0.2, 0.25) is 0 Å². The summed E-state index contributed by atoms with van der Waals surface area (Å²) >= 11 is 0.